The molecule has 2 aromatic rings. The molecule has 0 unspecified atom stereocenters. The van der Waals surface area contributed by atoms with E-state index in [1.54, 1.807) is 12.1 Å². The monoisotopic (exact) mass is 301 g/mol. The molecular weight excluding hydrogens is 282 g/mol. The van der Waals surface area contributed by atoms with Crippen molar-refractivity contribution < 1.29 is 13.9 Å². The van der Waals surface area contributed by atoms with Gasteiger partial charge in [0.15, 0.2) is 5.96 Å². The molecule has 0 spiro atoms. The van der Waals surface area contributed by atoms with Gasteiger partial charge in [0.1, 0.15) is 12.3 Å². The minimum absolute atomic E-state index is 0.147. The molecule has 0 aliphatic rings. The zero-order chi connectivity index (χ0) is 16.1. The number of esters is 1. The smallest absolute Gasteiger partial charge is 0.373 e. The third kappa shape index (κ3) is 3.88. The minimum atomic E-state index is -0.517. The summed E-state index contributed by atoms with van der Waals surface area (Å²) in [5.74, 6) is 0.439. The molecule has 2 rings (SSSR count). The largest absolute Gasteiger partial charge is 0.463 e. The molecule has 116 valence electrons. The Bertz CT molecular complexity index is 704. The van der Waals surface area contributed by atoms with E-state index in [0.29, 0.717) is 5.76 Å². The fraction of sp³-hybridized carbons (Fsp3) is 0.250. The fourth-order valence-corrected chi connectivity index (χ4v) is 1.84. The molecule has 1 aromatic heterocycles. The standard InChI is InChI=1S/C16H19N3O3/c1-10-4-5-12(8-11(10)2)19-16(17)18-9-13-6-7-14(22-13)15(20)21-3/h4-8H,9H2,1-3H3,(H3,17,18,19). The molecule has 0 atom stereocenters. The van der Waals surface area contributed by atoms with Gasteiger partial charge in [0.25, 0.3) is 0 Å². The number of furan rings is 1. The second-order valence-corrected chi connectivity index (χ2v) is 4.88. The van der Waals surface area contributed by atoms with Gasteiger partial charge in [-0.1, -0.05) is 6.07 Å². The molecule has 1 aromatic carbocycles. The van der Waals surface area contributed by atoms with Crippen LogP contribution in [0.15, 0.2) is 39.7 Å². The van der Waals surface area contributed by atoms with E-state index < -0.39 is 5.97 Å². The molecule has 22 heavy (non-hydrogen) atoms. The van der Waals surface area contributed by atoms with Crippen LogP contribution < -0.4 is 11.1 Å². The van der Waals surface area contributed by atoms with E-state index in [1.807, 2.05) is 32.0 Å². The van der Waals surface area contributed by atoms with Gasteiger partial charge in [0.2, 0.25) is 5.76 Å². The topological polar surface area (TPSA) is 89.8 Å². The van der Waals surface area contributed by atoms with Crippen molar-refractivity contribution in [3.63, 3.8) is 0 Å². The number of hydrogen-bond acceptors (Lipinski definition) is 4. The molecule has 0 saturated carbocycles. The number of nitrogens with one attached hydrogen (secondary N) is 1. The fourth-order valence-electron chi connectivity index (χ4n) is 1.84. The molecule has 0 aliphatic heterocycles. The Kier molecular flexibility index (Phi) is 4.83. The normalized spacial score (nSPS) is 11.3. The first kappa shape index (κ1) is 15.6. The number of anilines is 1. The highest BCUT2D eigenvalue weighted by Crippen LogP contribution is 2.14. The summed E-state index contributed by atoms with van der Waals surface area (Å²) in [6, 6.07) is 9.16. The Hall–Kier alpha value is -2.76. The second kappa shape index (κ2) is 6.80. The summed E-state index contributed by atoms with van der Waals surface area (Å²) in [5, 5.41) is 3.02. The maximum absolute atomic E-state index is 11.3. The van der Waals surface area contributed by atoms with E-state index in [9.17, 15) is 4.79 Å². The molecule has 3 N–H and O–H groups in total. The molecular formula is C16H19N3O3. The van der Waals surface area contributed by atoms with Crippen LogP contribution in [0.5, 0.6) is 0 Å². The van der Waals surface area contributed by atoms with Crippen molar-refractivity contribution in [2.75, 3.05) is 12.4 Å². The van der Waals surface area contributed by atoms with Crippen LogP contribution in [-0.4, -0.2) is 19.0 Å². The first-order chi connectivity index (χ1) is 10.5. The molecule has 0 aliphatic carbocycles. The van der Waals surface area contributed by atoms with E-state index in [-0.39, 0.29) is 18.3 Å². The number of carbonyl (C=O) groups is 1. The lowest BCUT2D eigenvalue weighted by atomic mass is 10.1. The zero-order valence-electron chi connectivity index (χ0n) is 12.8. The number of benzene rings is 1. The first-order valence-corrected chi connectivity index (χ1v) is 6.81. The summed E-state index contributed by atoms with van der Waals surface area (Å²) >= 11 is 0. The Morgan fingerprint density at radius 2 is 2.05 bits per heavy atom. The van der Waals surface area contributed by atoms with Gasteiger partial charge in [-0.25, -0.2) is 9.79 Å². The predicted octanol–water partition coefficient (Wildman–Crippen LogP) is 2.61. The minimum Gasteiger partial charge on any atom is -0.463 e. The van der Waals surface area contributed by atoms with Crippen molar-refractivity contribution >= 4 is 17.6 Å². The lowest BCUT2D eigenvalue weighted by Gasteiger charge is -2.07. The van der Waals surface area contributed by atoms with E-state index in [0.717, 1.165) is 5.69 Å². The van der Waals surface area contributed by atoms with Gasteiger partial charge in [-0.15, -0.1) is 0 Å². The molecule has 0 bridgehead atoms. The third-order valence-electron chi connectivity index (χ3n) is 3.23. The summed E-state index contributed by atoms with van der Waals surface area (Å²) in [7, 11) is 1.30. The number of methoxy groups -OCH3 is 1. The van der Waals surface area contributed by atoms with Crippen LogP contribution in [-0.2, 0) is 11.3 Å². The number of hydrogen-bond donors (Lipinski definition) is 2. The van der Waals surface area contributed by atoms with Crippen LogP contribution in [0.25, 0.3) is 0 Å². The first-order valence-electron chi connectivity index (χ1n) is 6.81. The average molecular weight is 301 g/mol. The van der Waals surface area contributed by atoms with Crippen molar-refractivity contribution in [2.45, 2.75) is 20.4 Å². The molecule has 1 heterocycles. The number of ether oxygens (including phenoxy) is 1. The highest BCUT2D eigenvalue weighted by molar-refractivity contribution is 5.92. The zero-order valence-corrected chi connectivity index (χ0v) is 12.8. The summed E-state index contributed by atoms with van der Waals surface area (Å²) in [6.45, 7) is 4.32. The van der Waals surface area contributed by atoms with Gasteiger partial charge in [0.05, 0.1) is 7.11 Å². The number of aliphatic imine (C=N–C) groups is 1. The van der Waals surface area contributed by atoms with Crippen molar-refractivity contribution in [3.8, 4) is 0 Å². The summed E-state index contributed by atoms with van der Waals surface area (Å²) in [4.78, 5) is 15.5. The van der Waals surface area contributed by atoms with Gasteiger partial charge < -0.3 is 20.2 Å². The quantitative estimate of drug-likeness (QED) is 0.514. The Morgan fingerprint density at radius 3 is 2.73 bits per heavy atom. The Labute approximate surface area is 129 Å². The maximum atomic E-state index is 11.3. The highest BCUT2D eigenvalue weighted by Gasteiger charge is 2.10. The number of carbonyl (C=O) groups excluding carboxylic acids is 1. The van der Waals surface area contributed by atoms with Gasteiger partial charge in [-0.2, -0.15) is 0 Å². The lowest BCUT2D eigenvalue weighted by Crippen LogP contribution is -2.22. The Morgan fingerprint density at radius 1 is 1.27 bits per heavy atom. The third-order valence-corrected chi connectivity index (χ3v) is 3.23. The van der Waals surface area contributed by atoms with Crippen molar-refractivity contribution in [1.29, 1.82) is 0 Å². The van der Waals surface area contributed by atoms with E-state index in [4.69, 9.17) is 10.2 Å². The molecule has 6 heteroatoms. The lowest BCUT2D eigenvalue weighted by molar-refractivity contribution is 0.0563. The molecule has 6 nitrogen and oxygen atoms in total. The van der Waals surface area contributed by atoms with Crippen LogP contribution in [0.4, 0.5) is 5.69 Å². The predicted molar refractivity (Wildman–Crippen MR) is 84.9 cm³/mol. The van der Waals surface area contributed by atoms with Crippen LogP contribution >= 0.6 is 0 Å². The van der Waals surface area contributed by atoms with Crippen molar-refractivity contribution in [3.05, 3.63) is 53.0 Å². The summed E-state index contributed by atoms with van der Waals surface area (Å²) < 4.78 is 9.88. The number of rotatable bonds is 4. The van der Waals surface area contributed by atoms with E-state index >= 15 is 0 Å². The van der Waals surface area contributed by atoms with Gasteiger partial charge in [-0.05, 0) is 49.2 Å². The molecule has 0 saturated heterocycles. The van der Waals surface area contributed by atoms with E-state index in [1.165, 1.54) is 18.2 Å². The van der Waals surface area contributed by atoms with Crippen molar-refractivity contribution in [1.82, 2.24) is 0 Å². The number of aryl methyl sites for hydroxylation is 2. The number of nitrogens with zero attached hydrogens (tertiary/aromatic N) is 1. The van der Waals surface area contributed by atoms with Gasteiger partial charge in [-0.3, -0.25) is 0 Å². The second-order valence-electron chi connectivity index (χ2n) is 4.88. The molecule has 0 radical (unpaired) electrons. The van der Waals surface area contributed by atoms with Crippen LogP contribution in [0.2, 0.25) is 0 Å². The molecule has 0 amide bonds. The summed E-state index contributed by atoms with van der Waals surface area (Å²) in [6.07, 6.45) is 0. The SMILES string of the molecule is COC(=O)c1ccc(CN=C(N)Nc2ccc(C)c(C)c2)o1. The average Bonchev–Trinajstić information content (AvgIpc) is 2.97. The van der Waals surface area contributed by atoms with Gasteiger partial charge >= 0.3 is 5.97 Å². The van der Waals surface area contributed by atoms with Crippen LogP contribution in [0, 0.1) is 13.8 Å². The Balaban J connectivity index is 1.98. The van der Waals surface area contributed by atoms with Crippen LogP contribution in [0.3, 0.4) is 0 Å². The summed E-state index contributed by atoms with van der Waals surface area (Å²) in [5.41, 5.74) is 9.10. The number of guanidine groups is 1. The number of nitrogens with two attached hydrogens (primary N) is 1. The van der Waals surface area contributed by atoms with Crippen molar-refractivity contribution in [2.24, 2.45) is 10.7 Å². The highest BCUT2D eigenvalue weighted by atomic mass is 16.5. The van der Waals surface area contributed by atoms with E-state index in [2.05, 4.69) is 15.0 Å². The van der Waals surface area contributed by atoms with Gasteiger partial charge in [0, 0.05) is 5.69 Å². The molecule has 0 fully saturated rings. The van der Waals surface area contributed by atoms with Crippen LogP contribution in [0.1, 0.15) is 27.4 Å². The maximum Gasteiger partial charge on any atom is 0.373 e.